The van der Waals surface area contributed by atoms with E-state index in [1.807, 2.05) is 38.1 Å². The molecule has 0 aliphatic carbocycles. The Morgan fingerprint density at radius 2 is 1.83 bits per heavy atom. The molecule has 0 saturated carbocycles. The molecular weight excluding hydrogens is 497 g/mol. The second-order valence-corrected chi connectivity index (χ2v) is 8.54. The summed E-state index contributed by atoms with van der Waals surface area (Å²) in [5.74, 6) is 0.767. The Labute approximate surface area is 195 Å². The minimum atomic E-state index is -0.196. The van der Waals surface area contributed by atoms with Crippen LogP contribution in [0.2, 0.25) is 0 Å². The highest BCUT2D eigenvalue weighted by atomic mass is 127. The number of anilines is 1. The van der Waals surface area contributed by atoms with Gasteiger partial charge in [0.05, 0.1) is 0 Å². The average molecular weight is 529 g/mol. The number of urea groups is 1. The third-order valence-corrected chi connectivity index (χ3v) is 5.44. The van der Waals surface area contributed by atoms with Crippen LogP contribution < -0.4 is 21.3 Å². The summed E-state index contributed by atoms with van der Waals surface area (Å²) in [5, 5.41) is 14.5. The maximum absolute atomic E-state index is 11.7. The summed E-state index contributed by atoms with van der Waals surface area (Å²) in [6, 6.07) is 11.9. The largest absolute Gasteiger partial charge is 0.356 e. The van der Waals surface area contributed by atoms with E-state index < -0.39 is 0 Å². The van der Waals surface area contributed by atoms with Gasteiger partial charge in [-0.1, -0.05) is 32.0 Å². The van der Waals surface area contributed by atoms with Crippen LogP contribution in [0.1, 0.15) is 38.1 Å². The van der Waals surface area contributed by atoms with Gasteiger partial charge in [-0.3, -0.25) is 4.99 Å². The number of benzene rings is 1. The molecule has 0 fully saturated rings. The zero-order valence-electron chi connectivity index (χ0n) is 17.7. The monoisotopic (exact) mass is 529 g/mol. The molecule has 2 amide bonds. The normalized spacial score (nSPS) is 11.6. The SMILES string of the molecule is CN=C(NCc1ccc(NC(=O)NC(C)C)cc1)NCC(C)(C)c1cccs1.I. The van der Waals surface area contributed by atoms with Crippen LogP contribution in [0, 0.1) is 0 Å². The highest BCUT2D eigenvalue weighted by Gasteiger charge is 2.21. The maximum Gasteiger partial charge on any atom is 0.319 e. The van der Waals surface area contributed by atoms with Crippen molar-refractivity contribution >= 4 is 53.0 Å². The number of amides is 2. The van der Waals surface area contributed by atoms with Gasteiger partial charge >= 0.3 is 6.03 Å². The van der Waals surface area contributed by atoms with Crippen molar-refractivity contribution in [1.82, 2.24) is 16.0 Å². The Morgan fingerprint density at radius 1 is 1.14 bits per heavy atom. The molecule has 0 saturated heterocycles. The van der Waals surface area contributed by atoms with Crippen LogP contribution in [0.25, 0.3) is 0 Å². The van der Waals surface area contributed by atoms with Crippen LogP contribution in [0.3, 0.4) is 0 Å². The van der Waals surface area contributed by atoms with Crippen molar-refractivity contribution in [1.29, 1.82) is 0 Å². The number of hydrogen-bond donors (Lipinski definition) is 4. The number of aliphatic imine (C=N–C) groups is 1. The molecule has 1 aromatic heterocycles. The molecule has 2 aromatic rings. The summed E-state index contributed by atoms with van der Waals surface area (Å²) in [4.78, 5) is 17.4. The topological polar surface area (TPSA) is 77.5 Å². The summed E-state index contributed by atoms with van der Waals surface area (Å²) in [5.41, 5.74) is 1.91. The summed E-state index contributed by atoms with van der Waals surface area (Å²) in [7, 11) is 1.77. The fraction of sp³-hybridized carbons (Fsp3) is 0.429. The van der Waals surface area contributed by atoms with E-state index in [2.05, 4.69) is 57.6 Å². The van der Waals surface area contributed by atoms with Crippen molar-refractivity contribution in [2.45, 2.75) is 45.7 Å². The van der Waals surface area contributed by atoms with E-state index in [4.69, 9.17) is 0 Å². The first kappa shape index (κ1) is 25.2. The van der Waals surface area contributed by atoms with Gasteiger partial charge in [0.25, 0.3) is 0 Å². The van der Waals surface area contributed by atoms with Crippen molar-refractivity contribution in [3.8, 4) is 0 Å². The molecule has 0 atom stereocenters. The zero-order chi connectivity index (χ0) is 20.6. The van der Waals surface area contributed by atoms with Crippen LogP contribution in [-0.2, 0) is 12.0 Å². The Morgan fingerprint density at radius 3 is 2.38 bits per heavy atom. The summed E-state index contributed by atoms with van der Waals surface area (Å²) >= 11 is 1.77. The Balaban J connectivity index is 0.00000420. The fourth-order valence-electron chi connectivity index (χ4n) is 2.60. The maximum atomic E-state index is 11.7. The quantitative estimate of drug-likeness (QED) is 0.242. The van der Waals surface area contributed by atoms with E-state index >= 15 is 0 Å². The minimum Gasteiger partial charge on any atom is -0.356 e. The second kappa shape index (κ2) is 12.0. The van der Waals surface area contributed by atoms with Crippen molar-refractivity contribution in [3.05, 3.63) is 52.2 Å². The van der Waals surface area contributed by atoms with Gasteiger partial charge in [0.1, 0.15) is 0 Å². The number of halogens is 1. The van der Waals surface area contributed by atoms with Gasteiger partial charge in [-0.05, 0) is 43.0 Å². The lowest BCUT2D eigenvalue weighted by Gasteiger charge is -2.25. The van der Waals surface area contributed by atoms with Crippen molar-refractivity contribution in [2.24, 2.45) is 4.99 Å². The predicted molar refractivity (Wildman–Crippen MR) is 135 cm³/mol. The van der Waals surface area contributed by atoms with E-state index in [-0.39, 0.29) is 41.5 Å². The van der Waals surface area contributed by atoms with Crippen molar-refractivity contribution < 1.29 is 4.79 Å². The molecule has 160 valence electrons. The standard InChI is InChI=1S/C21H31N5OS.HI/c1-15(2)25-20(27)26-17-10-8-16(9-11-17)13-23-19(22-5)24-14-21(3,4)18-7-6-12-28-18;/h6-12,15H,13-14H2,1-5H3,(H2,22,23,24)(H2,25,26,27);1H. The van der Waals surface area contributed by atoms with Gasteiger partial charge in [0.15, 0.2) is 5.96 Å². The molecule has 0 aliphatic heterocycles. The van der Waals surface area contributed by atoms with Crippen molar-refractivity contribution in [3.63, 3.8) is 0 Å². The van der Waals surface area contributed by atoms with E-state index in [1.165, 1.54) is 4.88 Å². The highest BCUT2D eigenvalue weighted by Crippen LogP contribution is 2.26. The minimum absolute atomic E-state index is 0. The molecule has 4 N–H and O–H groups in total. The average Bonchev–Trinajstić information content (AvgIpc) is 3.18. The smallest absolute Gasteiger partial charge is 0.319 e. The molecule has 8 heteroatoms. The number of rotatable bonds is 7. The predicted octanol–water partition coefficient (Wildman–Crippen LogP) is 4.54. The zero-order valence-corrected chi connectivity index (χ0v) is 20.9. The van der Waals surface area contributed by atoms with Gasteiger partial charge < -0.3 is 21.3 Å². The molecule has 0 bridgehead atoms. The number of carbonyl (C=O) groups is 1. The molecule has 0 spiro atoms. The summed E-state index contributed by atoms with van der Waals surface area (Å²) < 4.78 is 0. The lowest BCUT2D eigenvalue weighted by Crippen LogP contribution is -2.42. The lowest BCUT2D eigenvalue weighted by atomic mass is 9.91. The van der Waals surface area contributed by atoms with Gasteiger partial charge in [-0.25, -0.2) is 4.79 Å². The van der Waals surface area contributed by atoms with E-state index in [9.17, 15) is 4.79 Å². The van der Waals surface area contributed by atoms with Crippen LogP contribution in [0.4, 0.5) is 10.5 Å². The van der Waals surface area contributed by atoms with Crippen LogP contribution in [0.15, 0.2) is 46.8 Å². The number of guanidine groups is 1. The lowest BCUT2D eigenvalue weighted by molar-refractivity contribution is 0.250. The second-order valence-electron chi connectivity index (χ2n) is 7.59. The molecule has 0 radical (unpaired) electrons. The van der Waals surface area contributed by atoms with E-state index in [0.717, 1.165) is 23.8 Å². The highest BCUT2D eigenvalue weighted by molar-refractivity contribution is 14.0. The van der Waals surface area contributed by atoms with Gasteiger partial charge in [0.2, 0.25) is 0 Å². The number of carbonyl (C=O) groups excluding carboxylic acids is 1. The third kappa shape index (κ3) is 8.61. The molecule has 1 aromatic carbocycles. The van der Waals surface area contributed by atoms with Gasteiger partial charge in [-0.15, -0.1) is 35.3 Å². The van der Waals surface area contributed by atoms with Gasteiger partial charge in [0, 0.05) is 42.2 Å². The molecule has 29 heavy (non-hydrogen) atoms. The number of thiophene rings is 1. The van der Waals surface area contributed by atoms with Crippen molar-refractivity contribution in [2.75, 3.05) is 18.9 Å². The summed E-state index contributed by atoms with van der Waals surface area (Å²) in [6.07, 6.45) is 0. The molecule has 0 unspecified atom stereocenters. The Bertz CT molecular complexity index is 773. The number of hydrogen-bond acceptors (Lipinski definition) is 3. The molecule has 6 nitrogen and oxygen atoms in total. The molecule has 0 aliphatic rings. The Hall–Kier alpha value is -1.81. The fourth-order valence-corrected chi connectivity index (χ4v) is 3.45. The van der Waals surface area contributed by atoms with Crippen LogP contribution in [0.5, 0.6) is 0 Å². The number of nitrogens with zero attached hydrogens (tertiary/aromatic N) is 1. The van der Waals surface area contributed by atoms with E-state index in [1.54, 1.807) is 18.4 Å². The van der Waals surface area contributed by atoms with Crippen LogP contribution >= 0.6 is 35.3 Å². The first-order valence-corrected chi connectivity index (χ1v) is 10.3. The first-order chi connectivity index (χ1) is 13.3. The molecular formula is C21H32IN5OS. The van der Waals surface area contributed by atoms with Crippen LogP contribution in [-0.4, -0.2) is 31.6 Å². The number of nitrogens with one attached hydrogen (secondary N) is 4. The third-order valence-electron chi connectivity index (χ3n) is 4.20. The Kier molecular flexibility index (Phi) is 10.5. The first-order valence-electron chi connectivity index (χ1n) is 9.45. The summed E-state index contributed by atoms with van der Waals surface area (Å²) in [6.45, 7) is 9.74. The molecule has 2 rings (SSSR count). The molecule has 1 heterocycles. The van der Waals surface area contributed by atoms with E-state index in [0.29, 0.717) is 6.54 Å². The van der Waals surface area contributed by atoms with Gasteiger partial charge in [-0.2, -0.15) is 0 Å².